The zero-order chi connectivity index (χ0) is 23.1. The molecule has 3 aliphatic carbocycles. The highest BCUT2D eigenvalue weighted by Crippen LogP contribution is 2.58. The fourth-order valence-electron chi connectivity index (χ4n) is 5.58. The molecule has 32 heavy (non-hydrogen) atoms. The second kappa shape index (κ2) is 8.88. The number of sulfonamides is 1. The van der Waals surface area contributed by atoms with E-state index < -0.39 is 45.6 Å². The second-order valence-electron chi connectivity index (χ2n) is 9.82. The minimum atomic E-state index is -3.92. The molecule has 1 amide bonds. The molecule has 5 nitrogen and oxygen atoms in total. The van der Waals surface area contributed by atoms with Gasteiger partial charge in [0.25, 0.3) is 11.8 Å². The Morgan fingerprint density at radius 1 is 1.19 bits per heavy atom. The molecule has 178 valence electrons. The summed E-state index contributed by atoms with van der Waals surface area (Å²) in [7, 11) is -3.92. The third-order valence-electron chi connectivity index (χ3n) is 7.06. The minimum absolute atomic E-state index is 0.00101. The van der Waals surface area contributed by atoms with Crippen LogP contribution in [0.1, 0.15) is 79.6 Å². The van der Waals surface area contributed by atoms with Crippen LogP contribution in [-0.4, -0.2) is 33.1 Å². The predicted octanol–water partition coefficient (Wildman–Crippen LogP) is 5.01. The zero-order valence-electron chi connectivity index (χ0n) is 18.2. The van der Waals surface area contributed by atoms with Gasteiger partial charge in [0, 0.05) is 18.1 Å². The molecule has 1 N–H and O–H groups in total. The van der Waals surface area contributed by atoms with Crippen molar-refractivity contribution >= 4 is 15.9 Å². The molecule has 4 rings (SSSR count). The van der Waals surface area contributed by atoms with Gasteiger partial charge in [-0.1, -0.05) is 19.3 Å². The van der Waals surface area contributed by atoms with Crippen molar-refractivity contribution in [3.05, 3.63) is 29.1 Å². The van der Waals surface area contributed by atoms with E-state index in [1.54, 1.807) is 4.72 Å². The van der Waals surface area contributed by atoms with Crippen LogP contribution in [0.4, 0.5) is 13.2 Å². The molecule has 3 unspecified atom stereocenters. The number of hydrogen-bond acceptors (Lipinski definition) is 4. The van der Waals surface area contributed by atoms with E-state index in [2.05, 4.69) is 0 Å². The topological polar surface area (TPSA) is 72.5 Å². The zero-order valence-corrected chi connectivity index (χ0v) is 19.0. The Hall–Kier alpha value is -1.77. The van der Waals surface area contributed by atoms with Crippen molar-refractivity contribution in [1.29, 1.82) is 0 Å². The number of carbonyl (C=O) groups is 1. The number of carbonyl (C=O) groups excluding carboxylic acids is 1. The molecule has 1 aromatic rings. The molecular formula is C23H30F3NO4S. The first-order chi connectivity index (χ1) is 15.0. The fourth-order valence-corrected chi connectivity index (χ4v) is 6.02. The van der Waals surface area contributed by atoms with Crippen LogP contribution < -0.4 is 9.46 Å². The molecule has 2 bridgehead atoms. The van der Waals surface area contributed by atoms with E-state index in [4.69, 9.17) is 4.74 Å². The average Bonchev–Trinajstić information content (AvgIpc) is 3.31. The summed E-state index contributed by atoms with van der Waals surface area (Å²) in [6.07, 6.45) is 9.92. The lowest BCUT2D eigenvalue weighted by Gasteiger charge is -2.39. The van der Waals surface area contributed by atoms with Crippen LogP contribution in [0.15, 0.2) is 12.1 Å². The van der Waals surface area contributed by atoms with Crippen molar-refractivity contribution in [2.45, 2.75) is 69.6 Å². The first-order valence-corrected chi connectivity index (χ1v) is 13.3. The highest BCUT2D eigenvalue weighted by molar-refractivity contribution is 7.89. The third-order valence-corrected chi connectivity index (χ3v) is 7.62. The van der Waals surface area contributed by atoms with Gasteiger partial charge >= 0.3 is 0 Å². The molecule has 0 spiro atoms. The van der Waals surface area contributed by atoms with Gasteiger partial charge in [0.1, 0.15) is 11.6 Å². The summed E-state index contributed by atoms with van der Waals surface area (Å²) in [5, 5.41) is 0. The van der Waals surface area contributed by atoms with E-state index >= 15 is 0 Å². The number of fused-ring (bicyclic) bond motifs is 2. The van der Waals surface area contributed by atoms with Crippen LogP contribution in [0.3, 0.4) is 0 Å². The molecule has 0 aromatic heterocycles. The van der Waals surface area contributed by atoms with Crippen LogP contribution in [0.5, 0.6) is 5.75 Å². The maximum atomic E-state index is 14.5. The molecule has 1 aromatic carbocycles. The molecule has 3 saturated carbocycles. The summed E-state index contributed by atoms with van der Waals surface area (Å²) in [6.45, 7) is 0.283. The second-order valence-corrected chi connectivity index (χ2v) is 11.6. The van der Waals surface area contributed by atoms with Crippen molar-refractivity contribution in [3.8, 4) is 5.75 Å². The summed E-state index contributed by atoms with van der Waals surface area (Å²) in [5.74, 6) is -3.98. The Morgan fingerprint density at radius 2 is 1.84 bits per heavy atom. The van der Waals surface area contributed by atoms with Gasteiger partial charge in [0.05, 0.1) is 24.3 Å². The minimum Gasteiger partial charge on any atom is -0.493 e. The number of alkyl halides is 2. The molecule has 0 saturated heterocycles. The van der Waals surface area contributed by atoms with Crippen molar-refractivity contribution in [2.75, 3.05) is 12.9 Å². The lowest BCUT2D eigenvalue weighted by molar-refractivity contribution is 0.0975. The van der Waals surface area contributed by atoms with E-state index in [0.717, 1.165) is 43.1 Å². The third kappa shape index (κ3) is 5.58. The van der Waals surface area contributed by atoms with Crippen molar-refractivity contribution in [2.24, 2.45) is 17.8 Å². The number of halogens is 3. The number of rotatable bonds is 8. The van der Waals surface area contributed by atoms with Crippen molar-refractivity contribution in [1.82, 2.24) is 4.72 Å². The number of hydrogen-bond donors (Lipinski definition) is 1. The Labute approximate surface area is 187 Å². The molecule has 3 atom stereocenters. The Morgan fingerprint density at radius 3 is 2.44 bits per heavy atom. The van der Waals surface area contributed by atoms with Gasteiger partial charge in [-0.05, 0) is 55.9 Å². The summed E-state index contributed by atoms with van der Waals surface area (Å²) in [5.41, 5.74) is -0.545. The van der Waals surface area contributed by atoms with Gasteiger partial charge in [0.15, 0.2) is 0 Å². The van der Waals surface area contributed by atoms with Crippen LogP contribution in [-0.2, 0) is 10.0 Å². The number of ether oxygens (including phenoxy) is 1. The highest BCUT2D eigenvalue weighted by Gasteiger charge is 2.58. The number of benzene rings is 1. The van der Waals surface area contributed by atoms with Crippen molar-refractivity contribution < 1.29 is 31.1 Å². The first kappa shape index (κ1) is 23.4. The monoisotopic (exact) mass is 473 g/mol. The normalized spacial score (nSPS) is 28.8. The first-order valence-electron chi connectivity index (χ1n) is 11.4. The molecule has 3 aliphatic rings. The largest absolute Gasteiger partial charge is 0.493 e. The van der Waals surface area contributed by atoms with E-state index in [0.29, 0.717) is 5.92 Å². The van der Waals surface area contributed by atoms with Gasteiger partial charge in [-0.3, -0.25) is 4.79 Å². The standard InChI is InChI=1S/C23H30F3NO4S/c1-32(29,30)27-22(28)18-11-17(19-13-23(19,25)26)21(12-20(18)24)31-7-3-6-16-9-14-4-2-5-15(8-14)10-16/h11-12,14-16,19H,2-10,13H2,1H3,(H,27,28). The highest BCUT2D eigenvalue weighted by atomic mass is 32.2. The molecule has 0 radical (unpaired) electrons. The van der Waals surface area contributed by atoms with Crippen LogP contribution in [0, 0.1) is 23.6 Å². The Bertz CT molecular complexity index is 970. The predicted molar refractivity (Wildman–Crippen MR) is 114 cm³/mol. The van der Waals surface area contributed by atoms with Gasteiger partial charge in [0.2, 0.25) is 10.0 Å². The summed E-state index contributed by atoms with van der Waals surface area (Å²) >= 11 is 0. The lowest BCUT2D eigenvalue weighted by atomic mass is 9.67. The van der Waals surface area contributed by atoms with Gasteiger partial charge < -0.3 is 4.74 Å². The quantitative estimate of drug-likeness (QED) is 0.539. The summed E-state index contributed by atoms with van der Waals surface area (Å²) < 4.78 is 72.0. The molecule has 0 heterocycles. The van der Waals surface area contributed by atoms with E-state index in [-0.39, 0.29) is 17.9 Å². The van der Waals surface area contributed by atoms with Crippen LogP contribution in [0.2, 0.25) is 0 Å². The van der Waals surface area contributed by atoms with Gasteiger partial charge in [-0.15, -0.1) is 0 Å². The van der Waals surface area contributed by atoms with Crippen molar-refractivity contribution in [3.63, 3.8) is 0 Å². The average molecular weight is 474 g/mol. The smallest absolute Gasteiger partial charge is 0.267 e. The number of nitrogens with one attached hydrogen (secondary N) is 1. The Balaban J connectivity index is 1.41. The van der Waals surface area contributed by atoms with Gasteiger partial charge in [-0.25, -0.2) is 26.3 Å². The summed E-state index contributed by atoms with van der Waals surface area (Å²) in [6, 6.07) is 1.92. The maximum Gasteiger partial charge on any atom is 0.267 e. The lowest BCUT2D eigenvalue weighted by Crippen LogP contribution is -2.30. The van der Waals surface area contributed by atoms with E-state index in [1.165, 1.54) is 38.5 Å². The SMILES string of the molecule is CS(=O)(=O)NC(=O)c1cc(C2CC2(F)F)c(OCCCC2CC3CCCC(C2)C3)cc1F. The van der Waals surface area contributed by atoms with E-state index in [1.807, 2.05) is 0 Å². The van der Waals surface area contributed by atoms with Gasteiger partial charge in [-0.2, -0.15) is 0 Å². The Kier molecular flexibility index (Phi) is 6.49. The maximum absolute atomic E-state index is 14.5. The number of amides is 1. The molecule has 3 fully saturated rings. The molecular weight excluding hydrogens is 443 g/mol. The molecule has 9 heteroatoms. The molecule has 0 aliphatic heterocycles. The van der Waals surface area contributed by atoms with Crippen LogP contribution >= 0.6 is 0 Å². The summed E-state index contributed by atoms with van der Waals surface area (Å²) in [4.78, 5) is 12.1. The fraction of sp³-hybridized carbons (Fsp3) is 0.696. The van der Waals surface area contributed by atoms with Crippen LogP contribution in [0.25, 0.3) is 0 Å². The van der Waals surface area contributed by atoms with E-state index in [9.17, 15) is 26.4 Å².